The molecule has 1 saturated heterocycles. The molecule has 31 heavy (non-hydrogen) atoms. The van der Waals surface area contributed by atoms with Crippen LogP contribution in [0.4, 0.5) is 0 Å². The number of methoxy groups -OCH3 is 1. The van der Waals surface area contributed by atoms with E-state index in [2.05, 4.69) is 6.58 Å². The van der Waals surface area contributed by atoms with Gasteiger partial charge in [-0.1, -0.05) is 17.7 Å². The van der Waals surface area contributed by atoms with E-state index in [1.54, 1.807) is 19.1 Å². The van der Waals surface area contributed by atoms with Crippen LogP contribution >= 0.6 is 0 Å². The number of esters is 3. The molecule has 2 aliphatic heterocycles. The van der Waals surface area contributed by atoms with Crippen LogP contribution in [0, 0.1) is 5.92 Å². The molecule has 1 aromatic heterocycles. The molecule has 0 amide bonds. The molecule has 0 spiro atoms. The Balaban J connectivity index is 2.08. The van der Waals surface area contributed by atoms with Crippen molar-refractivity contribution in [3.8, 4) is 0 Å². The minimum Gasteiger partial charge on any atom is -0.465 e. The Labute approximate surface area is 180 Å². The van der Waals surface area contributed by atoms with Gasteiger partial charge in [0.2, 0.25) is 5.60 Å². The lowest BCUT2D eigenvalue weighted by Crippen LogP contribution is -2.48. The van der Waals surface area contributed by atoms with Crippen LogP contribution < -0.4 is 0 Å². The third kappa shape index (κ3) is 4.58. The van der Waals surface area contributed by atoms with E-state index < -0.39 is 35.7 Å². The number of allylic oxidation sites excluding steroid dienone is 1. The zero-order valence-electron chi connectivity index (χ0n) is 18.2. The predicted molar refractivity (Wildman–Crippen MR) is 110 cm³/mol. The molecule has 0 saturated carbocycles. The van der Waals surface area contributed by atoms with Crippen molar-refractivity contribution in [1.29, 1.82) is 0 Å². The second kappa shape index (κ2) is 8.70. The Morgan fingerprint density at radius 1 is 1.29 bits per heavy atom. The molecule has 1 N–H and O–H groups in total. The second-order valence-electron chi connectivity index (χ2n) is 8.36. The third-order valence-corrected chi connectivity index (χ3v) is 5.86. The SMILES string of the molecule is C=C(C)C1CCC2(O)C(=O)OC(CC(C)=Cc3cc(C(=O)OC)c(o3)C1)C2OC(C)=O. The summed E-state index contributed by atoms with van der Waals surface area (Å²) in [7, 11) is 1.31. The van der Waals surface area contributed by atoms with Crippen LogP contribution in [0.2, 0.25) is 0 Å². The summed E-state index contributed by atoms with van der Waals surface area (Å²) in [4.78, 5) is 36.6. The van der Waals surface area contributed by atoms with Gasteiger partial charge in [-0.25, -0.2) is 9.59 Å². The number of hydrogen-bond acceptors (Lipinski definition) is 8. The van der Waals surface area contributed by atoms with Crippen molar-refractivity contribution in [2.24, 2.45) is 5.92 Å². The lowest BCUT2D eigenvalue weighted by atomic mass is 9.82. The molecule has 0 radical (unpaired) electrons. The van der Waals surface area contributed by atoms with E-state index in [0.717, 1.165) is 11.1 Å². The number of fused-ring (bicyclic) bond motifs is 4. The van der Waals surface area contributed by atoms with Gasteiger partial charge in [0.15, 0.2) is 6.10 Å². The summed E-state index contributed by atoms with van der Waals surface area (Å²) < 4.78 is 21.6. The van der Waals surface area contributed by atoms with E-state index in [4.69, 9.17) is 18.6 Å². The normalized spacial score (nSPS) is 28.4. The summed E-state index contributed by atoms with van der Waals surface area (Å²) >= 11 is 0. The number of ether oxygens (including phenoxy) is 3. The van der Waals surface area contributed by atoms with E-state index in [-0.39, 0.29) is 18.8 Å². The van der Waals surface area contributed by atoms with Gasteiger partial charge in [0.25, 0.3) is 0 Å². The molecular weight excluding hydrogens is 404 g/mol. The summed E-state index contributed by atoms with van der Waals surface area (Å²) in [6, 6.07) is 1.62. The topological polar surface area (TPSA) is 112 Å². The molecular formula is C23H28O8. The van der Waals surface area contributed by atoms with Crippen LogP contribution in [0.15, 0.2) is 28.2 Å². The highest BCUT2D eigenvalue weighted by atomic mass is 16.6. The molecule has 1 aromatic rings. The molecule has 4 bridgehead atoms. The number of carbonyl (C=O) groups excluding carboxylic acids is 3. The summed E-state index contributed by atoms with van der Waals surface area (Å²) in [5.41, 5.74) is -0.0777. The van der Waals surface area contributed by atoms with E-state index in [9.17, 15) is 19.5 Å². The molecule has 8 nitrogen and oxygen atoms in total. The van der Waals surface area contributed by atoms with E-state index in [0.29, 0.717) is 29.9 Å². The number of aliphatic hydroxyl groups is 1. The van der Waals surface area contributed by atoms with Crippen molar-refractivity contribution < 1.29 is 38.1 Å². The fourth-order valence-corrected chi connectivity index (χ4v) is 4.19. The van der Waals surface area contributed by atoms with Gasteiger partial charge in [0.1, 0.15) is 23.2 Å². The standard InChI is InChI=1S/C23H28O8/c1-12(2)15-6-7-23(27)20(29-14(4)24)19(31-22(23)26)9-13(3)8-16-11-17(21(25)28-5)18(10-15)30-16/h8,11,15,19-20,27H,1,6-7,9-10H2,2-5H3. The van der Waals surface area contributed by atoms with Crippen molar-refractivity contribution in [2.75, 3.05) is 7.11 Å². The molecule has 0 aliphatic carbocycles. The van der Waals surface area contributed by atoms with Crippen LogP contribution in [-0.2, 0) is 30.2 Å². The first-order valence-electron chi connectivity index (χ1n) is 10.2. The Kier molecular flexibility index (Phi) is 6.40. The number of carbonyl (C=O) groups is 3. The predicted octanol–water partition coefficient (Wildman–Crippen LogP) is 2.98. The van der Waals surface area contributed by atoms with Gasteiger partial charge in [0, 0.05) is 19.8 Å². The molecule has 1 fully saturated rings. The van der Waals surface area contributed by atoms with E-state index in [1.165, 1.54) is 14.0 Å². The fourth-order valence-electron chi connectivity index (χ4n) is 4.19. The van der Waals surface area contributed by atoms with E-state index >= 15 is 0 Å². The molecule has 4 unspecified atom stereocenters. The Morgan fingerprint density at radius 3 is 2.61 bits per heavy atom. The van der Waals surface area contributed by atoms with Crippen molar-refractivity contribution in [1.82, 2.24) is 0 Å². The number of rotatable bonds is 3. The first-order valence-corrected chi connectivity index (χ1v) is 10.2. The Bertz CT molecular complexity index is 939. The minimum absolute atomic E-state index is 0.00168. The first-order chi connectivity index (χ1) is 14.5. The maximum Gasteiger partial charge on any atom is 0.342 e. The third-order valence-electron chi connectivity index (χ3n) is 5.86. The summed E-state index contributed by atoms with van der Waals surface area (Å²) in [6.45, 7) is 8.87. The van der Waals surface area contributed by atoms with Crippen molar-refractivity contribution in [3.05, 3.63) is 40.9 Å². The number of furan rings is 1. The van der Waals surface area contributed by atoms with Gasteiger partial charge >= 0.3 is 17.9 Å². The molecule has 0 aromatic carbocycles. The maximum atomic E-state index is 12.6. The smallest absolute Gasteiger partial charge is 0.342 e. The quantitative estimate of drug-likeness (QED) is 0.441. The van der Waals surface area contributed by atoms with Gasteiger partial charge in [-0.3, -0.25) is 4.79 Å². The largest absolute Gasteiger partial charge is 0.465 e. The van der Waals surface area contributed by atoms with Crippen LogP contribution in [0.3, 0.4) is 0 Å². The highest BCUT2D eigenvalue weighted by Gasteiger charge is 2.58. The van der Waals surface area contributed by atoms with Crippen LogP contribution in [0.5, 0.6) is 0 Å². The van der Waals surface area contributed by atoms with Gasteiger partial charge in [0.05, 0.1) is 7.11 Å². The van der Waals surface area contributed by atoms with Crippen molar-refractivity contribution >= 4 is 24.0 Å². The Morgan fingerprint density at radius 2 is 2.00 bits per heavy atom. The van der Waals surface area contributed by atoms with E-state index in [1.807, 2.05) is 6.92 Å². The molecule has 2 aliphatic rings. The average Bonchev–Trinajstić information content (AvgIpc) is 3.17. The van der Waals surface area contributed by atoms with Gasteiger partial charge in [-0.2, -0.15) is 0 Å². The molecule has 3 heterocycles. The van der Waals surface area contributed by atoms with Crippen LogP contribution in [-0.4, -0.2) is 47.9 Å². The zero-order chi connectivity index (χ0) is 22.9. The molecule has 168 valence electrons. The van der Waals surface area contributed by atoms with Crippen LogP contribution in [0.1, 0.15) is 61.9 Å². The average molecular weight is 432 g/mol. The van der Waals surface area contributed by atoms with Crippen molar-refractivity contribution in [3.63, 3.8) is 0 Å². The molecule has 4 atom stereocenters. The fraction of sp³-hybridized carbons (Fsp3) is 0.522. The lowest BCUT2D eigenvalue weighted by Gasteiger charge is -2.28. The van der Waals surface area contributed by atoms with Crippen molar-refractivity contribution in [2.45, 2.75) is 64.3 Å². The van der Waals surface area contributed by atoms with Gasteiger partial charge < -0.3 is 23.7 Å². The summed E-state index contributed by atoms with van der Waals surface area (Å²) in [6.07, 6.45) is 0.662. The maximum absolute atomic E-state index is 12.6. The number of hydrogen-bond donors (Lipinski definition) is 1. The van der Waals surface area contributed by atoms with Gasteiger partial charge in [-0.05, 0) is 44.7 Å². The lowest BCUT2D eigenvalue weighted by molar-refractivity contribution is -0.166. The highest BCUT2D eigenvalue weighted by Crippen LogP contribution is 2.39. The first kappa shape index (κ1) is 22.8. The Hall–Kier alpha value is -2.87. The second-order valence-corrected chi connectivity index (χ2v) is 8.36. The zero-order valence-corrected chi connectivity index (χ0v) is 18.2. The monoisotopic (exact) mass is 432 g/mol. The summed E-state index contributed by atoms with van der Waals surface area (Å²) in [5, 5.41) is 11.2. The van der Waals surface area contributed by atoms with Gasteiger partial charge in [-0.15, -0.1) is 0 Å². The molecule has 8 heteroatoms. The minimum atomic E-state index is -1.96. The summed E-state index contributed by atoms with van der Waals surface area (Å²) in [5.74, 6) is -1.21. The van der Waals surface area contributed by atoms with Crippen LogP contribution in [0.25, 0.3) is 6.08 Å². The highest BCUT2D eigenvalue weighted by molar-refractivity contribution is 5.91. The molecule has 3 rings (SSSR count).